The topological polar surface area (TPSA) is 66.9 Å². The van der Waals surface area contributed by atoms with Gasteiger partial charge < -0.3 is 10.6 Å². The molecule has 0 atom stereocenters. The van der Waals surface area contributed by atoms with Crippen molar-refractivity contribution in [2.75, 3.05) is 10.6 Å². The first-order chi connectivity index (χ1) is 11.7. The van der Waals surface area contributed by atoms with Gasteiger partial charge in [0.2, 0.25) is 5.91 Å². The van der Waals surface area contributed by atoms with E-state index in [9.17, 15) is 4.79 Å². The largest absolute Gasteiger partial charge is 0.338 e. The second-order valence-electron chi connectivity index (χ2n) is 5.12. The van der Waals surface area contributed by atoms with Crippen molar-refractivity contribution < 1.29 is 4.79 Å². The monoisotopic (exact) mass is 382 g/mol. The zero-order chi connectivity index (χ0) is 16.8. The minimum atomic E-state index is -0.123. The van der Waals surface area contributed by atoms with E-state index in [1.165, 1.54) is 0 Å². The van der Waals surface area contributed by atoms with Gasteiger partial charge in [-0.1, -0.05) is 42.5 Å². The first-order valence-electron chi connectivity index (χ1n) is 7.40. The minimum absolute atomic E-state index is 0.123. The molecule has 0 unspecified atom stereocenters. The number of hydrogen-bond donors (Lipinski definition) is 2. The van der Waals surface area contributed by atoms with Crippen molar-refractivity contribution in [1.82, 2.24) is 10.2 Å². The normalized spacial score (nSPS) is 10.2. The van der Waals surface area contributed by atoms with E-state index >= 15 is 0 Å². The van der Waals surface area contributed by atoms with Crippen LogP contribution in [0.1, 0.15) is 5.56 Å². The van der Waals surface area contributed by atoms with E-state index in [-0.39, 0.29) is 5.91 Å². The lowest BCUT2D eigenvalue weighted by Gasteiger charge is -2.08. The number of carbonyl (C=O) groups excluding carboxylic acids is 1. The van der Waals surface area contributed by atoms with Crippen LogP contribution < -0.4 is 10.6 Å². The summed E-state index contributed by atoms with van der Waals surface area (Å²) in [6, 6.07) is 20.8. The Morgan fingerprint density at radius 2 is 1.54 bits per heavy atom. The maximum atomic E-state index is 12.0. The van der Waals surface area contributed by atoms with Gasteiger partial charge in [0.15, 0.2) is 11.6 Å². The lowest BCUT2D eigenvalue weighted by molar-refractivity contribution is -0.115. The molecule has 1 amide bonds. The number of hydrogen-bond acceptors (Lipinski definition) is 4. The third kappa shape index (κ3) is 4.39. The van der Waals surface area contributed by atoms with Crippen LogP contribution in [0.4, 0.5) is 17.3 Å². The van der Waals surface area contributed by atoms with Gasteiger partial charge in [0.25, 0.3) is 0 Å². The summed E-state index contributed by atoms with van der Waals surface area (Å²) < 4.78 is 0.937. The van der Waals surface area contributed by atoms with Crippen molar-refractivity contribution in [3.63, 3.8) is 0 Å². The summed E-state index contributed by atoms with van der Waals surface area (Å²) >= 11 is 3.46. The number of anilines is 3. The summed E-state index contributed by atoms with van der Waals surface area (Å²) in [4.78, 5) is 12.0. The molecule has 2 N–H and O–H groups in total. The number of nitrogens with zero attached hydrogens (tertiary/aromatic N) is 2. The lowest BCUT2D eigenvalue weighted by Crippen LogP contribution is -2.15. The van der Waals surface area contributed by atoms with Crippen molar-refractivity contribution in [3.05, 3.63) is 76.8 Å². The predicted octanol–water partition coefficient (Wildman–Crippen LogP) is 4.16. The number of carbonyl (C=O) groups is 1. The molecule has 24 heavy (non-hydrogen) atoms. The molecule has 0 aliphatic heterocycles. The molecule has 2 aromatic carbocycles. The number of para-hydroxylation sites is 1. The zero-order valence-electron chi connectivity index (χ0n) is 12.7. The second-order valence-corrected chi connectivity index (χ2v) is 5.97. The van der Waals surface area contributed by atoms with Crippen molar-refractivity contribution >= 4 is 39.2 Å². The molecular formula is C18H15BrN4O. The highest BCUT2D eigenvalue weighted by molar-refractivity contribution is 9.10. The summed E-state index contributed by atoms with van der Waals surface area (Å²) in [5.74, 6) is 0.901. The average Bonchev–Trinajstić information content (AvgIpc) is 2.59. The third-order valence-electron chi connectivity index (χ3n) is 3.28. The van der Waals surface area contributed by atoms with Crippen LogP contribution in [0.3, 0.4) is 0 Å². The highest BCUT2D eigenvalue weighted by Crippen LogP contribution is 2.24. The summed E-state index contributed by atoms with van der Waals surface area (Å²) in [6.07, 6.45) is 0.305. The molecule has 3 aromatic rings. The smallest absolute Gasteiger partial charge is 0.229 e. The number of rotatable bonds is 5. The van der Waals surface area contributed by atoms with Gasteiger partial charge in [0, 0.05) is 4.47 Å². The van der Waals surface area contributed by atoms with Gasteiger partial charge in [-0.3, -0.25) is 4.79 Å². The van der Waals surface area contributed by atoms with E-state index in [2.05, 4.69) is 36.8 Å². The van der Waals surface area contributed by atoms with Crippen LogP contribution in [0.5, 0.6) is 0 Å². The molecule has 0 saturated heterocycles. The first kappa shape index (κ1) is 16.1. The van der Waals surface area contributed by atoms with Gasteiger partial charge in [-0.2, -0.15) is 0 Å². The Balaban J connectivity index is 1.60. The number of benzene rings is 2. The fourth-order valence-electron chi connectivity index (χ4n) is 2.13. The second kappa shape index (κ2) is 7.70. The van der Waals surface area contributed by atoms with Crippen LogP contribution in [-0.4, -0.2) is 16.1 Å². The van der Waals surface area contributed by atoms with Gasteiger partial charge in [-0.25, -0.2) is 0 Å². The first-order valence-corrected chi connectivity index (χ1v) is 8.19. The van der Waals surface area contributed by atoms with Crippen LogP contribution in [-0.2, 0) is 11.2 Å². The number of halogens is 1. The van der Waals surface area contributed by atoms with E-state index < -0.39 is 0 Å². The van der Waals surface area contributed by atoms with E-state index in [0.29, 0.717) is 18.1 Å². The molecule has 0 radical (unpaired) electrons. The Morgan fingerprint density at radius 3 is 2.25 bits per heavy atom. The SMILES string of the molecule is O=C(Cc1ccccc1)Nc1ccc(Nc2ccccc2Br)nn1. The van der Waals surface area contributed by atoms with Crippen molar-refractivity contribution in [2.45, 2.75) is 6.42 Å². The number of amides is 1. The van der Waals surface area contributed by atoms with Crippen molar-refractivity contribution in [1.29, 1.82) is 0 Å². The Bertz CT molecular complexity index is 822. The molecule has 5 nitrogen and oxygen atoms in total. The Hall–Kier alpha value is -2.73. The molecule has 0 bridgehead atoms. The quantitative estimate of drug-likeness (QED) is 0.694. The van der Waals surface area contributed by atoms with Gasteiger partial charge >= 0.3 is 0 Å². The molecule has 0 fully saturated rings. The molecule has 1 heterocycles. The van der Waals surface area contributed by atoms with Gasteiger partial charge in [0.05, 0.1) is 12.1 Å². The Morgan fingerprint density at radius 1 is 0.875 bits per heavy atom. The van der Waals surface area contributed by atoms with Crippen LogP contribution >= 0.6 is 15.9 Å². The highest BCUT2D eigenvalue weighted by Gasteiger charge is 2.06. The van der Waals surface area contributed by atoms with Crippen LogP contribution in [0.2, 0.25) is 0 Å². The molecule has 3 rings (SSSR count). The number of aromatic nitrogens is 2. The van der Waals surface area contributed by atoms with E-state index in [0.717, 1.165) is 15.7 Å². The maximum Gasteiger partial charge on any atom is 0.229 e. The van der Waals surface area contributed by atoms with E-state index in [1.807, 2.05) is 54.6 Å². The Kier molecular flexibility index (Phi) is 5.18. The standard InChI is InChI=1S/C18H15BrN4O/c19-14-8-4-5-9-15(14)20-16-10-11-17(23-22-16)21-18(24)12-13-6-2-1-3-7-13/h1-11H,12H2,(H,20,22)(H,21,23,24). The number of nitrogens with one attached hydrogen (secondary N) is 2. The molecule has 120 valence electrons. The molecular weight excluding hydrogens is 368 g/mol. The molecule has 6 heteroatoms. The summed E-state index contributed by atoms with van der Waals surface area (Å²) in [5, 5.41) is 14.0. The molecule has 0 spiro atoms. The maximum absolute atomic E-state index is 12.0. The minimum Gasteiger partial charge on any atom is -0.338 e. The van der Waals surface area contributed by atoms with Crippen LogP contribution in [0.15, 0.2) is 71.2 Å². The predicted molar refractivity (Wildman–Crippen MR) is 98.2 cm³/mol. The summed E-state index contributed by atoms with van der Waals surface area (Å²) in [6.45, 7) is 0. The van der Waals surface area contributed by atoms with Crippen molar-refractivity contribution in [3.8, 4) is 0 Å². The van der Waals surface area contributed by atoms with Crippen LogP contribution in [0.25, 0.3) is 0 Å². The van der Waals surface area contributed by atoms with Gasteiger partial charge in [0.1, 0.15) is 0 Å². The Labute approximate surface area is 148 Å². The summed E-state index contributed by atoms with van der Waals surface area (Å²) in [7, 11) is 0. The molecule has 0 aliphatic rings. The van der Waals surface area contributed by atoms with E-state index in [4.69, 9.17) is 0 Å². The average molecular weight is 383 g/mol. The molecule has 1 aromatic heterocycles. The summed E-state index contributed by atoms with van der Waals surface area (Å²) in [5.41, 5.74) is 1.85. The third-order valence-corrected chi connectivity index (χ3v) is 3.97. The van der Waals surface area contributed by atoms with E-state index in [1.54, 1.807) is 12.1 Å². The van der Waals surface area contributed by atoms with Crippen LogP contribution in [0, 0.1) is 0 Å². The van der Waals surface area contributed by atoms with Gasteiger partial charge in [-0.15, -0.1) is 10.2 Å². The fraction of sp³-hybridized carbons (Fsp3) is 0.0556. The highest BCUT2D eigenvalue weighted by atomic mass is 79.9. The fourth-order valence-corrected chi connectivity index (χ4v) is 2.52. The lowest BCUT2D eigenvalue weighted by atomic mass is 10.1. The molecule has 0 saturated carbocycles. The molecule has 0 aliphatic carbocycles. The van der Waals surface area contributed by atoms with Crippen molar-refractivity contribution in [2.24, 2.45) is 0 Å². The zero-order valence-corrected chi connectivity index (χ0v) is 14.3. The van der Waals surface area contributed by atoms with Gasteiger partial charge in [-0.05, 0) is 45.8 Å².